The van der Waals surface area contributed by atoms with Crippen molar-refractivity contribution in [2.45, 2.75) is 45.4 Å². The zero-order valence-electron chi connectivity index (χ0n) is 13.0. The first-order valence-electron chi connectivity index (χ1n) is 6.70. The van der Waals surface area contributed by atoms with Gasteiger partial charge in [0.15, 0.2) is 0 Å². The smallest absolute Gasteiger partial charge is 0.122 e. The SMILES string of the molecule is COc1cc(C)c(C(C)(CN)CO)cc1C(C)(C)C. The normalized spacial score (nSPS) is 15.2. The van der Waals surface area contributed by atoms with Gasteiger partial charge < -0.3 is 15.6 Å². The maximum atomic E-state index is 9.67. The Morgan fingerprint density at radius 1 is 1.16 bits per heavy atom. The average Bonchev–Trinajstić information content (AvgIpc) is 2.35. The Hall–Kier alpha value is -1.06. The minimum atomic E-state index is -0.406. The minimum Gasteiger partial charge on any atom is -0.496 e. The topological polar surface area (TPSA) is 55.5 Å². The van der Waals surface area contributed by atoms with Gasteiger partial charge in [-0.2, -0.15) is 0 Å². The molecule has 0 fully saturated rings. The van der Waals surface area contributed by atoms with Gasteiger partial charge in [-0.3, -0.25) is 0 Å². The van der Waals surface area contributed by atoms with Crippen molar-refractivity contribution in [2.75, 3.05) is 20.3 Å². The maximum absolute atomic E-state index is 9.67. The molecule has 1 atom stereocenters. The van der Waals surface area contributed by atoms with Crippen LogP contribution in [0.4, 0.5) is 0 Å². The molecule has 1 rings (SSSR count). The number of ether oxygens (including phenoxy) is 1. The van der Waals surface area contributed by atoms with Crippen LogP contribution >= 0.6 is 0 Å². The Morgan fingerprint density at radius 2 is 1.74 bits per heavy atom. The second kappa shape index (κ2) is 5.51. The summed E-state index contributed by atoms with van der Waals surface area (Å²) in [5, 5.41) is 9.67. The number of nitrogens with two attached hydrogens (primary N) is 1. The fraction of sp³-hybridized carbons (Fsp3) is 0.625. The van der Waals surface area contributed by atoms with Crippen LogP contribution in [0, 0.1) is 6.92 Å². The van der Waals surface area contributed by atoms with Gasteiger partial charge in [0, 0.05) is 12.0 Å². The molecule has 3 nitrogen and oxygen atoms in total. The number of benzene rings is 1. The third kappa shape index (κ3) is 3.10. The summed E-state index contributed by atoms with van der Waals surface area (Å²) in [6, 6.07) is 4.18. The van der Waals surface area contributed by atoms with E-state index in [4.69, 9.17) is 10.5 Å². The highest BCUT2D eigenvalue weighted by Gasteiger charge is 2.29. The number of hydrogen-bond donors (Lipinski definition) is 2. The molecule has 3 heteroatoms. The highest BCUT2D eigenvalue weighted by molar-refractivity contribution is 5.48. The van der Waals surface area contributed by atoms with Crippen LogP contribution in [0.15, 0.2) is 12.1 Å². The highest BCUT2D eigenvalue weighted by Crippen LogP contribution is 2.37. The lowest BCUT2D eigenvalue weighted by atomic mass is 9.76. The van der Waals surface area contributed by atoms with Crippen molar-refractivity contribution < 1.29 is 9.84 Å². The van der Waals surface area contributed by atoms with Crippen LogP contribution in [-0.4, -0.2) is 25.4 Å². The molecular formula is C16H27NO2. The lowest BCUT2D eigenvalue weighted by Crippen LogP contribution is -2.36. The molecule has 0 aliphatic carbocycles. The monoisotopic (exact) mass is 265 g/mol. The molecule has 0 spiro atoms. The molecular weight excluding hydrogens is 238 g/mol. The third-order valence-electron chi connectivity index (χ3n) is 3.80. The Morgan fingerprint density at radius 3 is 2.11 bits per heavy atom. The van der Waals surface area contributed by atoms with E-state index < -0.39 is 5.41 Å². The molecule has 0 bridgehead atoms. The highest BCUT2D eigenvalue weighted by atomic mass is 16.5. The summed E-state index contributed by atoms with van der Waals surface area (Å²) in [5.74, 6) is 0.895. The standard InChI is InChI=1S/C16H27NO2/c1-11-7-14(19-6)13(15(2,3)4)8-12(11)16(5,9-17)10-18/h7-8,18H,9-10,17H2,1-6H3. The van der Waals surface area contributed by atoms with Crippen LogP contribution in [-0.2, 0) is 10.8 Å². The Bertz CT molecular complexity index is 443. The summed E-state index contributed by atoms with van der Waals surface area (Å²) < 4.78 is 5.49. The van der Waals surface area contributed by atoms with E-state index in [1.807, 2.05) is 19.9 Å². The number of hydrogen-bond acceptors (Lipinski definition) is 3. The third-order valence-corrected chi connectivity index (χ3v) is 3.80. The summed E-state index contributed by atoms with van der Waals surface area (Å²) in [7, 11) is 1.69. The summed E-state index contributed by atoms with van der Waals surface area (Å²) in [6.45, 7) is 11.0. The molecule has 3 N–H and O–H groups in total. The number of aliphatic hydroxyl groups excluding tert-OH is 1. The first-order valence-corrected chi connectivity index (χ1v) is 6.70. The van der Waals surface area contributed by atoms with Crippen molar-refractivity contribution in [1.29, 1.82) is 0 Å². The number of rotatable bonds is 4. The Labute approximate surface area is 116 Å². The van der Waals surface area contributed by atoms with Crippen molar-refractivity contribution >= 4 is 0 Å². The van der Waals surface area contributed by atoms with Gasteiger partial charge in [0.25, 0.3) is 0 Å². The van der Waals surface area contributed by atoms with Gasteiger partial charge in [-0.15, -0.1) is 0 Å². The van der Waals surface area contributed by atoms with Crippen molar-refractivity contribution in [3.63, 3.8) is 0 Å². The zero-order valence-corrected chi connectivity index (χ0v) is 13.0. The van der Waals surface area contributed by atoms with E-state index in [2.05, 4.69) is 26.8 Å². The van der Waals surface area contributed by atoms with Crippen molar-refractivity contribution in [1.82, 2.24) is 0 Å². The molecule has 0 saturated heterocycles. The van der Waals surface area contributed by atoms with E-state index in [0.717, 1.165) is 22.4 Å². The zero-order chi connectivity index (χ0) is 14.8. The fourth-order valence-corrected chi connectivity index (χ4v) is 2.35. The average molecular weight is 265 g/mol. The second-order valence-electron chi connectivity index (χ2n) is 6.54. The lowest BCUT2D eigenvalue weighted by molar-refractivity contribution is 0.209. The summed E-state index contributed by atoms with van der Waals surface area (Å²) in [5.41, 5.74) is 8.78. The lowest BCUT2D eigenvalue weighted by Gasteiger charge is -2.31. The molecule has 0 heterocycles. The summed E-state index contributed by atoms with van der Waals surface area (Å²) >= 11 is 0. The molecule has 108 valence electrons. The second-order valence-corrected chi connectivity index (χ2v) is 6.54. The van der Waals surface area contributed by atoms with Crippen molar-refractivity contribution in [3.05, 3.63) is 28.8 Å². The predicted octanol–water partition coefficient (Wildman–Crippen LogP) is 2.51. The molecule has 1 unspecified atom stereocenters. The molecule has 0 radical (unpaired) electrons. The van der Waals surface area contributed by atoms with Crippen LogP contribution in [0.1, 0.15) is 44.4 Å². The largest absolute Gasteiger partial charge is 0.496 e. The van der Waals surface area contributed by atoms with Gasteiger partial charge >= 0.3 is 0 Å². The maximum Gasteiger partial charge on any atom is 0.122 e. The number of aliphatic hydroxyl groups is 1. The van der Waals surface area contributed by atoms with Gasteiger partial charge in [-0.1, -0.05) is 33.8 Å². The van der Waals surface area contributed by atoms with Gasteiger partial charge in [0.1, 0.15) is 5.75 Å². The van der Waals surface area contributed by atoms with Gasteiger partial charge in [0.05, 0.1) is 13.7 Å². The van der Waals surface area contributed by atoms with Crippen LogP contribution in [0.25, 0.3) is 0 Å². The minimum absolute atomic E-state index is 0.0151. The van der Waals surface area contributed by atoms with Gasteiger partial charge in [0.2, 0.25) is 0 Å². The van der Waals surface area contributed by atoms with Crippen LogP contribution in [0.5, 0.6) is 5.75 Å². The van der Waals surface area contributed by atoms with Crippen LogP contribution < -0.4 is 10.5 Å². The van der Waals surface area contributed by atoms with E-state index in [1.165, 1.54) is 0 Å². The van der Waals surface area contributed by atoms with E-state index in [9.17, 15) is 5.11 Å². The first kappa shape index (κ1) is 16.0. The Kier molecular flexibility index (Phi) is 4.64. The molecule has 1 aromatic rings. The van der Waals surface area contributed by atoms with E-state index in [1.54, 1.807) is 7.11 Å². The van der Waals surface area contributed by atoms with E-state index >= 15 is 0 Å². The van der Waals surface area contributed by atoms with Gasteiger partial charge in [-0.25, -0.2) is 0 Å². The number of methoxy groups -OCH3 is 1. The first-order chi connectivity index (χ1) is 8.69. The van der Waals surface area contributed by atoms with Crippen molar-refractivity contribution in [3.8, 4) is 5.75 Å². The molecule has 1 aromatic carbocycles. The van der Waals surface area contributed by atoms with Crippen LogP contribution in [0.3, 0.4) is 0 Å². The molecule has 0 aliphatic rings. The summed E-state index contributed by atoms with van der Waals surface area (Å²) in [4.78, 5) is 0. The number of aryl methyl sites for hydroxylation is 1. The predicted molar refractivity (Wildman–Crippen MR) is 79.9 cm³/mol. The fourth-order valence-electron chi connectivity index (χ4n) is 2.35. The molecule has 0 aliphatic heterocycles. The van der Waals surface area contributed by atoms with Gasteiger partial charge in [-0.05, 0) is 35.1 Å². The van der Waals surface area contributed by atoms with Crippen molar-refractivity contribution in [2.24, 2.45) is 5.73 Å². The van der Waals surface area contributed by atoms with E-state index in [0.29, 0.717) is 6.54 Å². The molecule has 0 amide bonds. The Balaban J connectivity index is 3.52. The summed E-state index contributed by atoms with van der Waals surface area (Å²) in [6.07, 6.45) is 0. The molecule has 19 heavy (non-hydrogen) atoms. The van der Waals surface area contributed by atoms with E-state index in [-0.39, 0.29) is 12.0 Å². The van der Waals surface area contributed by atoms with Crippen LogP contribution in [0.2, 0.25) is 0 Å². The molecule has 0 saturated carbocycles. The molecule has 0 aromatic heterocycles. The quantitative estimate of drug-likeness (QED) is 0.879.